The van der Waals surface area contributed by atoms with E-state index in [0.29, 0.717) is 26.4 Å². The molecule has 3 aliphatic heterocycles. The minimum Gasteiger partial charge on any atom is -0.350 e. The highest BCUT2D eigenvalue weighted by atomic mass is 16.7. The Labute approximate surface area is 160 Å². The second kappa shape index (κ2) is 6.85. The fourth-order valence-corrected chi connectivity index (χ4v) is 4.28. The van der Waals surface area contributed by atoms with Crippen molar-refractivity contribution in [3.05, 3.63) is 35.9 Å². The number of carbonyl (C=O) groups is 1. The zero-order valence-electron chi connectivity index (χ0n) is 16.5. The molecule has 4 rings (SSSR count). The number of β-lactam (4-membered cyclic amide) rings is 1. The van der Waals surface area contributed by atoms with E-state index in [1.165, 1.54) is 0 Å². The van der Waals surface area contributed by atoms with Crippen molar-refractivity contribution in [1.29, 1.82) is 0 Å². The lowest BCUT2D eigenvalue weighted by Gasteiger charge is -2.53. The molecule has 0 aliphatic carbocycles. The molecule has 0 unspecified atom stereocenters. The summed E-state index contributed by atoms with van der Waals surface area (Å²) in [6, 6.07) is 10.1. The van der Waals surface area contributed by atoms with E-state index in [2.05, 4.69) is 0 Å². The summed E-state index contributed by atoms with van der Waals surface area (Å²) in [6.45, 7) is 9.81. The number of carbonyl (C=O) groups excluding carboxylic acids is 1. The van der Waals surface area contributed by atoms with Crippen molar-refractivity contribution < 1.29 is 23.7 Å². The highest BCUT2D eigenvalue weighted by Crippen LogP contribution is 2.42. The predicted octanol–water partition coefficient (Wildman–Crippen LogP) is 2.56. The van der Waals surface area contributed by atoms with E-state index < -0.39 is 11.6 Å². The minimum atomic E-state index is -0.642. The summed E-state index contributed by atoms with van der Waals surface area (Å²) in [5.74, 6) is -1.18. The summed E-state index contributed by atoms with van der Waals surface area (Å²) < 4.78 is 23.5. The van der Waals surface area contributed by atoms with Crippen LogP contribution in [0.3, 0.4) is 0 Å². The van der Waals surface area contributed by atoms with Crippen molar-refractivity contribution in [2.75, 3.05) is 19.8 Å². The maximum atomic E-state index is 13.1. The molecular weight excluding hydrogens is 346 g/mol. The van der Waals surface area contributed by atoms with E-state index >= 15 is 0 Å². The lowest BCUT2D eigenvalue weighted by atomic mass is 9.75. The van der Waals surface area contributed by atoms with Crippen LogP contribution in [0.5, 0.6) is 0 Å². The zero-order chi connectivity index (χ0) is 19.2. The average molecular weight is 375 g/mol. The van der Waals surface area contributed by atoms with Gasteiger partial charge in [-0.3, -0.25) is 4.79 Å². The van der Waals surface area contributed by atoms with Crippen LogP contribution < -0.4 is 0 Å². The van der Waals surface area contributed by atoms with E-state index in [-0.39, 0.29) is 29.9 Å². The Kier molecular flexibility index (Phi) is 4.79. The first-order valence-electron chi connectivity index (χ1n) is 9.70. The Morgan fingerprint density at radius 1 is 0.963 bits per heavy atom. The smallest absolute Gasteiger partial charge is 0.231 e. The van der Waals surface area contributed by atoms with Crippen LogP contribution in [-0.2, 0) is 30.3 Å². The van der Waals surface area contributed by atoms with Gasteiger partial charge in [-0.1, -0.05) is 30.3 Å². The summed E-state index contributed by atoms with van der Waals surface area (Å²) in [5.41, 5.74) is 1.12. The molecule has 0 bridgehead atoms. The van der Waals surface area contributed by atoms with Gasteiger partial charge in [0.1, 0.15) is 0 Å². The summed E-state index contributed by atoms with van der Waals surface area (Å²) in [7, 11) is 0. The number of rotatable bonds is 4. The third-order valence-corrected chi connectivity index (χ3v) is 5.70. The molecule has 6 heteroatoms. The number of likely N-dealkylation sites (tertiary alicyclic amines) is 1. The second-order valence-corrected chi connectivity index (χ2v) is 8.62. The molecule has 0 aromatic heterocycles. The van der Waals surface area contributed by atoms with Crippen LogP contribution in [-0.4, -0.2) is 54.3 Å². The van der Waals surface area contributed by atoms with Crippen molar-refractivity contribution in [2.45, 2.75) is 58.0 Å². The third kappa shape index (κ3) is 3.76. The summed E-state index contributed by atoms with van der Waals surface area (Å²) in [4.78, 5) is 15.0. The lowest BCUT2D eigenvalue weighted by Crippen LogP contribution is -2.69. The molecular formula is C21H29NO5. The Morgan fingerprint density at radius 3 is 2.19 bits per heavy atom. The quantitative estimate of drug-likeness (QED) is 0.757. The maximum Gasteiger partial charge on any atom is 0.231 e. The van der Waals surface area contributed by atoms with Crippen LogP contribution in [0.4, 0.5) is 0 Å². The van der Waals surface area contributed by atoms with Crippen LogP contribution in [0.15, 0.2) is 30.3 Å². The summed E-state index contributed by atoms with van der Waals surface area (Å²) >= 11 is 0. The van der Waals surface area contributed by atoms with Gasteiger partial charge in [-0.15, -0.1) is 0 Å². The fourth-order valence-electron chi connectivity index (χ4n) is 4.28. The topological polar surface area (TPSA) is 57.2 Å². The minimum absolute atomic E-state index is 0.0244. The molecule has 0 spiro atoms. The SMILES string of the molecule is CC1(C)OCC([C@@H]2[C@H]([C@@H]3COC(C)(C)O3)C(=O)N2Cc2ccccc2)CO1. The molecule has 1 aromatic rings. The average Bonchev–Trinajstić information content (AvgIpc) is 2.98. The molecule has 0 radical (unpaired) electrons. The monoisotopic (exact) mass is 375 g/mol. The van der Waals surface area contributed by atoms with Crippen molar-refractivity contribution in [3.63, 3.8) is 0 Å². The lowest BCUT2D eigenvalue weighted by molar-refractivity contribution is -0.276. The van der Waals surface area contributed by atoms with Gasteiger partial charge in [0.2, 0.25) is 5.91 Å². The van der Waals surface area contributed by atoms with Gasteiger partial charge in [-0.2, -0.15) is 0 Å². The number of benzene rings is 1. The Hall–Kier alpha value is -1.47. The van der Waals surface area contributed by atoms with Gasteiger partial charge in [0.15, 0.2) is 11.6 Å². The number of hydrogen-bond donors (Lipinski definition) is 0. The number of nitrogens with zero attached hydrogens (tertiary/aromatic N) is 1. The van der Waals surface area contributed by atoms with Gasteiger partial charge in [0.25, 0.3) is 0 Å². The van der Waals surface area contributed by atoms with Gasteiger partial charge >= 0.3 is 0 Å². The molecule has 0 N–H and O–H groups in total. The molecule has 148 valence electrons. The van der Waals surface area contributed by atoms with Crippen molar-refractivity contribution in [1.82, 2.24) is 4.90 Å². The highest BCUT2D eigenvalue weighted by Gasteiger charge is 2.57. The van der Waals surface area contributed by atoms with Gasteiger partial charge < -0.3 is 23.8 Å². The normalized spacial score (nSPS) is 33.1. The first kappa shape index (κ1) is 18.9. The molecule has 3 heterocycles. The molecule has 27 heavy (non-hydrogen) atoms. The van der Waals surface area contributed by atoms with Gasteiger partial charge in [-0.05, 0) is 33.3 Å². The van der Waals surface area contributed by atoms with E-state index in [0.717, 1.165) is 5.56 Å². The van der Waals surface area contributed by atoms with Gasteiger partial charge in [0, 0.05) is 12.5 Å². The first-order valence-corrected chi connectivity index (χ1v) is 9.70. The highest BCUT2D eigenvalue weighted by molar-refractivity contribution is 5.87. The van der Waals surface area contributed by atoms with Crippen LogP contribution in [0.1, 0.15) is 33.3 Å². The predicted molar refractivity (Wildman–Crippen MR) is 98.6 cm³/mol. The molecule has 1 amide bonds. The van der Waals surface area contributed by atoms with Crippen LogP contribution in [0, 0.1) is 11.8 Å². The Morgan fingerprint density at radius 2 is 1.59 bits per heavy atom. The standard InChI is InChI=1S/C21H29NO5/c1-20(2)24-11-15(12-25-20)18-17(16-13-26-21(3,4)27-16)19(23)22(18)10-14-8-6-5-7-9-14/h5-9,15-18H,10-13H2,1-4H3/t16-,17-,18+/m0/s1. The number of amides is 1. The van der Waals surface area contributed by atoms with E-state index in [4.69, 9.17) is 18.9 Å². The third-order valence-electron chi connectivity index (χ3n) is 5.70. The molecule has 3 saturated heterocycles. The molecule has 6 nitrogen and oxygen atoms in total. The number of hydrogen-bond acceptors (Lipinski definition) is 5. The largest absolute Gasteiger partial charge is 0.350 e. The van der Waals surface area contributed by atoms with Crippen molar-refractivity contribution in [3.8, 4) is 0 Å². The Bertz CT molecular complexity index is 679. The van der Waals surface area contributed by atoms with E-state index in [1.54, 1.807) is 0 Å². The van der Waals surface area contributed by atoms with Gasteiger partial charge in [0.05, 0.1) is 37.9 Å². The molecule has 3 atom stereocenters. The Balaban J connectivity index is 1.53. The van der Waals surface area contributed by atoms with Crippen LogP contribution in [0.25, 0.3) is 0 Å². The summed E-state index contributed by atoms with van der Waals surface area (Å²) in [5, 5.41) is 0. The molecule has 3 fully saturated rings. The van der Waals surface area contributed by atoms with Gasteiger partial charge in [-0.25, -0.2) is 0 Å². The first-order chi connectivity index (χ1) is 12.8. The van der Waals surface area contributed by atoms with Crippen molar-refractivity contribution in [2.24, 2.45) is 11.8 Å². The van der Waals surface area contributed by atoms with Crippen LogP contribution >= 0.6 is 0 Å². The molecule has 3 aliphatic rings. The zero-order valence-corrected chi connectivity index (χ0v) is 16.5. The van der Waals surface area contributed by atoms with E-state index in [9.17, 15) is 4.79 Å². The molecule has 1 aromatic carbocycles. The molecule has 0 saturated carbocycles. The second-order valence-electron chi connectivity index (χ2n) is 8.62. The number of ether oxygens (including phenoxy) is 4. The fraction of sp³-hybridized carbons (Fsp3) is 0.667. The van der Waals surface area contributed by atoms with E-state index in [1.807, 2.05) is 62.9 Å². The summed E-state index contributed by atoms with van der Waals surface area (Å²) in [6.07, 6.45) is -0.223. The van der Waals surface area contributed by atoms with Crippen molar-refractivity contribution >= 4 is 5.91 Å². The van der Waals surface area contributed by atoms with Crippen LogP contribution in [0.2, 0.25) is 0 Å². The maximum absolute atomic E-state index is 13.1.